The molecule has 1 fully saturated rings. The van der Waals surface area contributed by atoms with Crippen molar-refractivity contribution >= 4 is 15.8 Å². The average Bonchev–Trinajstić information content (AvgIpc) is 2.58. The molecular formula is C19H23F3N4O2S. The number of aromatic nitrogens is 2. The number of hydrogen-bond donors (Lipinski definition) is 1. The van der Waals surface area contributed by atoms with Crippen LogP contribution in [-0.4, -0.2) is 48.0 Å². The lowest BCUT2D eigenvalue weighted by Gasteiger charge is -2.36. The zero-order valence-corrected chi connectivity index (χ0v) is 17.1. The van der Waals surface area contributed by atoms with E-state index in [0.717, 1.165) is 17.8 Å². The number of aryl methyl sites for hydroxylation is 2. The molecule has 0 bridgehead atoms. The fraction of sp³-hybridized carbons (Fsp3) is 0.474. The summed E-state index contributed by atoms with van der Waals surface area (Å²) in [6.07, 6.45) is 0.0274. The van der Waals surface area contributed by atoms with Crippen molar-refractivity contribution in [3.8, 4) is 0 Å². The summed E-state index contributed by atoms with van der Waals surface area (Å²) in [6, 6.07) is 4.37. The second-order valence-corrected chi connectivity index (χ2v) is 9.35. The van der Waals surface area contributed by atoms with E-state index >= 15 is 4.39 Å². The van der Waals surface area contributed by atoms with Crippen molar-refractivity contribution < 1.29 is 21.6 Å². The number of hydrogen-bond acceptors (Lipinski definition) is 5. The Kier molecular flexibility index (Phi) is 6.13. The number of piperidine rings is 1. The molecule has 0 amide bonds. The molecule has 1 aliphatic rings. The molecule has 29 heavy (non-hydrogen) atoms. The maximum atomic E-state index is 15.1. The van der Waals surface area contributed by atoms with Crippen LogP contribution in [-0.2, 0) is 15.8 Å². The van der Waals surface area contributed by atoms with Crippen molar-refractivity contribution in [2.45, 2.75) is 38.1 Å². The van der Waals surface area contributed by atoms with Crippen LogP contribution in [0, 0.1) is 25.5 Å². The van der Waals surface area contributed by atoms with Crippen molar-refractivity contribution in [2.75, 3.05) is 25.0 Å². The highest BCUT2D eigenvalue weighted by atomic mass is 32.2. The van der Waals surface area contributed by atoms with E-state index in [1.807, 2.05) is 6.92 Å². The molecule has 0 aliphatic carbocycles. The van der Waals surface area contributed by atoms with Gasteiger partial charge in [-0.15, -0.1) is 0 Å². The molecule has 6 nitrogen and oxygen atoms in total. The van der Waals surface area contributed by atoms with Gasteiger partial charge in [-0.2, -0.15) is 0 Å². The Morgan fingerprint density at radius 1 is 1.07 bits per heavy atom. The average molecular weight is 428 g/mol. The zero-order chi connectivity index (χ0) is 21.2. The minimum absolute atomic E-state index is 0.000139. The maximum absolute atomic E-state index is 15.1. The number of benzene rings is 1. The molecule has 2 heterocycles. The number of anilines is 1. The molecule has 0 radical (unpaired) electrons. The summed E-state index contributed by atoms with van der Waals surface area (Å²) in [5.41, 5.74) is -0.789. The number of nitrogens with one attached hydrogen (secondary N) is 1. The second-order valence-electron chi connectivity index (χ2n) is 7.38. The molecule has 0 unspecified atom stereocenters. The van der Waals surface area contributed by atoms with E-state index in [0.29, 0.717) is 17.7 Å². The van der Waals surface area contributed by atoms with E-state index in [2.05, 4.69) is 15.3 Å². The summed E-state index contributed by atoms with van der Waals surface area (Å²) < 4.78 is 68.1. The highest BCUT2D eigenvalue weighted by Gasteiger charge is 2.38. The summed E-state index contributed by atoms with van der Waals surface area (Å²) in [5.74, 6) is -1.10. The Labute approximate surface area is 168 Å². The summed E-state index contributed by atoms with van der Waals surface area (Å²) in [6.45, 7) is 3.57. The molecule has 1 aromatic carbocycles. The molecule has 10 heteroatoms. The van der Waals surface area contributed by atoms with Gasteiger partial charge in [0.1, 0.15) is 28.9 Å². The first kappa shape index (κ1) is 21.5. The van der Waals surface area contributed by atoms with E-state index in [9.17, 15) is 17.2 Å². The third kappa shape index (κ3) is 5.66. The van der Waals surface area contributed by atoms with Crippen LogP contribution in [0.1, 0.15) is 29.9 Å². The van der Waals surface area contributed by atoms with E-state index in [1.165, 1.54) is 4.31 Å². The van der Waals surface area contributed by atoms with Crippen LogP contribution in [0.5, 0.6) is 0 Å². The third-order valence-corrected chi connectivity index (χ3v) is 6.69. The van der Waals surface area contributed by atoms with Crippen molar-refractivity contribution in [1.82, 2.24) is 14.3 Å². The van der Waals surface area contributed by atoms with Gasteiger partial charge in [-0.1, -0.05) is 0 Å². The van der Waals surface area contributed by atoms with Crippen molar-refractivity contribution in [3.63, 3.8) is 0 Å². The largest absolute Gasteiger partial charge is 0.367 e. The monoisotopic (exact) mass is 428 g/mol. The summed E-state index contributed by atoms with van der Waals surface area (Å²) in [5, 5.41) is 2.96. The Morgan fingerprint density at radius 2 is 1.69 bits per heavy atom. The van der Waals surface area contributed by atoms with Gasteiger partial charge in [-0.3, -0.25) is 0 Å². The summed E-state index contributed by atoms with van der Waals surface area (Å²) in [4.78, 5) is 8.37. The number of alkyl halides is 1. The Balaban J connectivity index is 1.59. The minimum Gasteiger partial charge on any atom is -0.367 e. The number of sulfonamides is 1. The fourth-order valence-electron chi connectivity index (χ4n) is 3.39. The molecule has 1 saturated heterocycles. The molecular weight excluding hydrogens is 405 g/mol. The normalized spacial score (nSPS) is 17.3. The molecule has 0 atom stereocenters. The van der Waals surface area contributed by atoms with Crippen LogP contribution in [0.4, 0.5) is 19.0 Å². The van der Waals surface area contributed by atoms with Gasteiger partial charge in [0, 0.05) is 30.9 Å². The van der Waals surface area contributed by atoms with Gasteiger partial charge in [-0.25, -0.2) is 35.9 Å². The van der Waals surface area contributed by atoms with Gasteiger partial charge in [0.15, 0.2) is 0 Å². The van der Waals surface area contributed by atoms with Gasteiger partial charge in [0.25, 0.3) is 0 Å². The fourth-order valence-corrected chi connectivity index (χ4v) is 4.90. The molecule has 1 aromatic heterocycles. The van der Waals surface area contributed by atoms with Crippen LogP contribution < -0.4 is 5.32 Å². The third-order valence-electron chi connectivity index (χ3n) is 4.84. The number of nitrogens with zero attached hydrogens (tertiary/aromatic N) is 3. The molecule has 2 aromatic rings. The van der Waals surface area contributed by atoms with E-state index in [1.54, 1.807) is 13.0 Å². The lowest BCUT2D eigenvalue weighted by atomic mass is 9.94. The van der Waals surface area contributed by atoms with Crippen LogP contribution in [0.3, 0.4) is 0 Å². The predicted octanol–water partition coefficient (Wildman–Crippen LogP) is 3.12. The highest BCUT2D eigenvalue weighted by molar-refractivity contribution is 7.88. The second kappa shape index (κ2) is 8.27. The molecule has 1 N–H and O–H groups in total. The highest BCUT2D eigenvalue weighted by Crippen LogP contribution is 2.29. The number of rotatable bonds is 6. The van der Waals surface area contributed by atoms with Crippen LogP contribution in [0.2, 0.25) is 0 Å². The van der Waals surface area contributed by atoms with Gasteiger partial charge < -0.3 is 5.32 Å². The van der Waals surface area contributed by atoms with Crippen molar-refractivity contribution in [1.29, 1.82) is 0 Å². The lowest BCUT2D eigenvalue weighted by molar-refractivity contribution is 0.102. The Hall–Kier alpha value is -2.20. The van der Waals surface area contributed by atoms with Crippen LogP contribution in [0.15, 0.2) is 24.3 Å². The Bertz CT molecular complexity index is 952. The molecule has 0 spiro atoms. The van der Waals surface area contributed by atoms with Gasteiger partial charge >= 0.3 is 0 Å². The molecule has 1 aliphatic heterocycles. The molecule has 3 rings (SSSR count). The lowest BCUT2D eigenvalue weighted by Crippen LogP contribution is -2.47. The quantitative estimate of drug-likeness (QED) is 0.765. The van der Waals surface area contributed by atoms with E-state index < -0.39 is 33.1 Å². The molecule has 0 saturated carbocycles. The maximum Gasteiger partial charge on any atom is 0.218 e. The standard InChI is InChI=1S/C19H23F3N4O2S/c1-13-7-18(25-14(2)24-13)23-12-19(22)3-5-26(6-4-19)29(27,28)11-15-8-16(20)10-17(21)9-15/h7-10H,3-6,11-12H2,1-2H3,(H,23,24,25). The minimum atomic E-state index is -3.81. The topological polar surface area (TPSA) is 75.2 Å². The van der Waals surface area contributed by atoms with Gasteiger partial charge in [-0.05, 0) is 44.4 Å². The van der Waals surface area contributed by atoms with Crippen LogP contribution >= 0.6 is 0 Å². The summed E-state index contributed by atoms with van der Waals surface area (Å²) >= 11 is 0. The van der Waals surface area contributed by atoms with Crippen molar-refractivity contribution in [2.24, 2.45) is 0 Å². The zero-order valence-electron chi connectivity index (χ0n) is 16.3. The first-order valence-electron chi connectivity index (χ1n) is 9.23. The first-order chi connectivity index (χ1) is 13.5. The van der Waals surface area contributed by atoms with Gasteiger partial charge in [0.05, 0.1) is 12.3 Å². The summed E-state index contributed by atoms with van der Waals surface area (Å²) in [7, 11) is -3.81. The van der Waals surface area contributed by atoms with Gasteiger partial charge in [0.2, 0.25) is 10.0 Å². The SMILES string of the molecule is Cc1cc(NCC2(F)CCN(S(=O)(=O)Cc3cc(F)cc(F)c3)CC2)nc(C)n1. The van der Waals surface area contributed by atoms with Crippen LogP contribution in [0.25, 0.3) is 0 Å². The molecule has 158 valence electrons. The smallest absolute Gasteiger partial charge is 0.218 e. The van der Waals surface area contributed by atoms with E-state index in [4.69, 9.17) is 0 Å². The number of halogens is 3. The van der Waals surface area contributed by atoms with E-state index in [-0.39, 0.29) is 38.0 Å². The first-order valence-corrected chi connectivity index (χ1v) is 10.8. The van der Waals surface area contributed by atoms with Crippen molar-refractivity contribution in [3.05, 3.63) is 53.0 Å². The predicted molar refractivity (Wildman–Crippen MR) is 104 cm³/mol. The Morgan fingerprint density at radius 3 is 2.28 bits per heavy atom.